The summed E-state index contributed by atoms with van der Waals surface area (Å²) in [5.41, 5.74) is 6.49. The molecule has 0 amide bonds. The Balaban J connectivity index is 1.49. The molecule has 1 aliphatic rings. The van der Waals surface area contributed by atoms with Crippen LogP contribution in [0, 0.1) is 20.8 Å². The number of fused-ring (bicyclic) bond motifs is 3. The number of carbonyl (C=O) groups is 1. The molecule has 0 fully saturated rings. The normalized spacial score (nSPS) is 14.4. The molecule has 0 saturated carbocycles. The van der Waals surface area contributed by atoms with Gasteiger partial charge < -0.3 is 10.1 Å². The van der Waals surface area contributed by atoms with E-state index in [2.05, 4.69) is 82.5 Å². The summed E-state index contributed by atoms with van der Waals surface area (Å²) >= 11 is 1.71. The zero-order valence-electron chi connectivity index (χ0n) is 21.6. The Bertz CT molecular complexity index is 1440. The molecule has 1 N–H and O–H groups in total. The van der Waals surface area contributed by atoms with E-state index in [0.29, 0.717) is 12.4 Å². The van der Waals surface area contributed by atoms with Crippen LogP contribution in [-0.4, -0.2) is 39.6 Å². The van der Waals surface area contributed by atoms with Crippen molar-refractivity contribution in [3.8, 4) is 5.00 Å². The molecule has 0 unspecified atom stereocenters. The molecule has 3 heterocycles. The summed E-state index contributed by atoms with van der Waals surface area (Å²) in [6.07, 6.45) is 1.07. The molecule has 0 radical (unpaired) electrons. The van der Waals surface area contributed by atoms with E-state index in [1.165, 1.54) is 16.0 Å². The first-order chi connectivity index (χ1) is 18.0. The molecular formula is C29H31N5O2S. The lowest BCUT2D eigenvalue weighted by Crippen LogP contribution is -2.13. The Kier molecular flexibility index (Phi) is 7.19. The van der Waals surface area contributed by atoms with E-state index in [0.717, 1.165) is 46.3 Å². The van der Waals surface area contributed by atoms with E-state index < -0.39 is 6.04 Å². The second-order valence-corrected chi connectivity index (χ2v) is 10.3. The van der Waals surface area contributed by atoms with Gasteiger partial charge in [-0.15, -0.1) is 21.5 Å². The lowest BCUT2D eigenvalue weighted by atomic mass is 9.99. The van der Waals surface area contributed by atoms with Gasteiger partial charge in [-0.25, -0.2) is 0 Å². The number of nitrogens with zero attached hydrogens (tertiary/aromatic N) is 4. The molecule has 4 aromatic rings. The van der Waals surface area contributed by atoms with Gasteiger partial charge in [0.1, 0.15) is 16.9 Å². The minimum atomic E-state index is -0.488. The van der Waals surface area contributed by atoms with Gasteiger partial charge >= 0.3 is 5.97 Å². The zero-order chi connectivity index (χ0) is 25.9. The highest BCUT2D eigenvalue weighted by molar-refractivity contribution is 7.15. The minimum absolute atomic E-state index is 0.113. The summed E-state index contributed by atoms with van der Waals surface area (Å²) in [4.78, 5) is 18.9. The van der Waals surface area contributed by atoms with Crippen molar-refractivity contribution in [1.82, 2.24) is 14.8 Å². The first-order valence-electron chi connectivity index (χ1n) is 12.6. The van der Waals surface area contributed by atoms with Crippen LogP contribution < -0.4 is 5.32 Å². The fourth-order valence-corrected chi connectivity index (χ4v) is 5.86. The van der Waals surface area contributed by atoms with Crippen LogP contribution in [0.25, 0.3) is 5.00 Å². The summed E-state index contributed by atoms with van der Waals surface area (Å²) in [5, 5.41) is 13.3. The highest BCUT2D eigenvalue weighted by atomic mass is 32.1. The van der Waals surface area contributed by atoms with Crippen LogP contribution in [0.1, 0.15) is 58.2 Å². The summed E-state index contributed by atoms with van der Waals surface area (Å²) in [7, 11) is 0. The monoisotopic (exact) mass is 513 g/mol. The quantitative estimate of drug-likeness (QED) is 0.303. The average Bonchev–Trinajstić information content (AvgIpc) is 3.37. The first kappa shape index (κ1) is 24.9. The lowest BCUT2D eigenvalue weighted by Gasteiger charge is -2.13. The largest absolute Gasteiger partial charge is 0.466 e. The molecule has 37 heavy (non-hydrogen) atoms. The van der Waals surface area contributed by atoms with Gasteiger partial charge in [0.15, 0.2) is 5.82 Å². The Labute approximate surface area is 221 Å². The first-order valence-corrected chi connectivity index (χ1v) is 13.4. The van der Waals surface area contributed by atoms with Crippen molar-refractivity contribution in [2.24, 2.45) is 4.99 Å². The van der Waals surface area contributed by atoms with Crippen molar-refractivity contribution in [2.75, 3.05) is 18.5 Å². The predicted octanol–water partition coefficient (Wildman–Crippen LogP) is 5.75. The van der Waals surface area contributed by atoms with Crippen LogP contribution in [0.15, 0.2) is 59.6 Å². The number of esters is 1. The molecule has 2 aromatic heterocycles. The topological polar surface area (TPSA) is 81.4 Å². The standard InChI is InChI=1S/C29H31N5O2S/c1-5-36-25(35)17-24-28-33-32-20(4)34(28)29-26(18(2)19(3)37-29)27(31-24)22-11-13-23(14-12-22)30-16-15-21-9-7-6-8-10-21/h6-14,24,30H,5,15-17H2,1-4H3/t24-/m0/s1. The van der Waals surface area contributed by atoms with Crippen molar-refractivity contribution >= 4 is 28.7 Å². The number of ether oxygens (including phenoxy) is 1. The molecule has 7 nitrogen and oxygen atoms in total. The minimum Gasteiger partial charge on any atom is -0.466 e. The van der Waals surface area contributed by atoms with Crippen molar-refractivity contribution in [1.29, 1.82) is 0 Å². The van der Waals surface area contributed by atoms with Gasteiger partial charge in [0, 0.05) is 28.2 Å². The van der Waals surface area contributed by atoms with Crippen LogP contribution in [0.2, 0.25) is 0 Å². The van der Waals surface area contributed by atoms with E-state index in [1.807, 2.05) is 19.9 Å². The second-order valence-electron chi connectivity index (χ2n) is 9.15. The number of thiophene rings is 1. The van der Waals surface area contributed by atoms with Crippen LogP contribution in [-0.2, 0) is 16.0 Å². The zero-order valence-corrected chi connectivity index (χ0v) is 22.4. The van der Waals surface area contributed by atoms with Gasteiger partial charge in [-0.1, -0.05) is 42.5 Å². The molecule has 8 heteroatoms. The maximum absolute atomic E-state index is 12.5. The number of carbonyl (C=O) groups excluding carboxylic acids is 1. The molecule has 1 aliphatic heterocycles. The van der Waals surface area contributed by atoms with Gasteiger partial charge in [-0.05, 0) is 57.4 Å². The number of nitrogens with one attached hydrogen (secondary N) is 1. The van der Waals surface area contributed by atoms with E-state index >= 15 is 0 Å². The van der Waals surface area contributed by atoms with Crippen LogP contribution in [0.3, 0.4) is 0 Å². The molecule has 1 atom stereocenters. The molecule has 2 aromatic carbocycles. The van der Waals surface area contributed by atoms with Gasteiger partial charge in [0.25, 0.3) is 0 Å². The van der Waals surface area contributed by atoms with Crippen LogP contribution in [0.4, 0.5) is 5.69 Å². The molecular weight excluding hydrogens is 482 g/mol. The van der Waals surface area contributed by atoms with Gasteiger partial charge in [-0.3, -0.25) is 14.4 Å². The van der Waals surface area contributed by atoms with Crippen molar-refractivity contribution in [3.05, 3.63) is 93.4 Å². The molecule has 0 bridgehead atoms. The van der Waals surface area contributed by atoms with Gasteiger partial charge in [0.2, 0.25) is 0 Å². The predicted molar refractivity (Wildman–Crippen MR) is 148 cm³/mol. The third-order valence-corrected chi connectivity index (χ3v) is 7.84. The van der Waals surface area contributed by atoms with E-state index in [4.69, 9.17) is 9.73 Å². The van der Waals surface area contributed by atoms with Crippen LogP contribution >= 0.6 is 11.3 Å². The Morgan fingerprint density at radius 3 is 2.54 bits per heavy atom. The average molecular weight is 514 g/mol. The number of hydrogen-bond acceptors (Lipinski definition) is 7. The lowest BCUT2D eigenvalue weighted by molar-refractivity contribution is -0.143. The van der Waals surface area contributed by atoms with Gasteiger partial charge in [-0.2, -0.15) is 0 Å². The number of aryl methyl sites for hydroxylation is 2. The fraction of sp³-hybridized carbons (Fsp3) is 0.310. The van der Waals surface area contributed by atoms with Crippen molar-refractivity contribution in [2.45, 2.75) is 46.6 Å². The summed E-state index contributed by atoms with van der Waals surface area (Å²) in [6.45, 7) is 9.19. The fourth-order valence-electron chi connectivity index (χ4n) is 4.64. The Morgan fingerprint density at radius 2 is 1.81 bits per heavy atom. The maximum Gasteiger partial charge on any atom is 0.308 e. The summed E-state index contributed by atoms with van der Waals surface area (Å²) < 4.78 is 7.32. The molecule has 0 spiro atoms. The molecule has 190 valence electrons. The SMILES string of the molecule is CCOC(=O)C[C@@H]1N=C(c2ccc(NCCc3ccccc3)cc2)c2c(sc(C)c2C)-n2c(C)nnc21. The third-order valence-electron chi connectivity index (χ3n) is 6.65. The second kappa shape index (κ2) is 10.7. The summed E-state index contributed by atoms with van der Waals surface area (Å²) in [5.74, 6) is 1.15. The smallest absolute Gasteiger partial charge is 0.308 e. The van der Waals surface area contributed by atoms with E-state index in [-0.39, 0.29) is 12.4 Å². The molecule has 0 aliphatic carbocycles. The number of anilines is 1. The highest BCUT2D eigenvalue weighted by Crippen LogP contribution is 2.39. The van der Waals surface area contributed by atoms with E-state index in [1.54, 1.807) is 11.3 Å². The third kappa shape index (κ3) is 5.06. The number of hydrogen-bond donors (Lipinski definition) is 1. The van der Waals surface area contributed by atoms with E-state index in [9.17, 15) is 4.79 Å². The highest BCUT2D eigenvalue weighted by Gasteiger charge is 2.32. The number of benzene rings is 2. The molecule has 0 saturated heterocycles. The van der Waals surface area contributed by atoms with Crippen molar-refractivity contribution < 1.29 is 9.53 Å². The van der Waals surface area contributed by atoms with Crippen LogP contribution in [0.5, 0.6) is 0 Å². The summed E-state index contributed by atoms with van der Waals surface area (Å²) in [6, 6.07) is 18.4. The Hall–Kier alpha value is -3.78. The molecule has 5 rings (SSSR count). The van der Waals surface area contributed by atoms with Crippen molar-refractivity contribution in [3.63, 3.8) is 0 Å². The maximum atomic E-state index is 12.5. The van der Waals surface area contributed by atoms with Gasteiger partial charge in [0.05, 0.1) is 18.7 Å². The number of aliphatic imine (C=N–C) groups is 1. The Morgan fingerprint density at radius 1 is 1.05 bits per heavy atom. The number of aromatic nitrogens is 3. The number of rotatable bonds is 8.